The van der Waals surface area contributed by atoms with Crippen LogP contribution >= 0.6 is 23.2 Å². The lowest BCUT2D eigenvalue weighted by Crippen LogP contribution is -2.12. The molecule has 2 rings (SSSR count). The predicted octanol–water partition coefficient (Wildman–Crippen LogP) is 4.21. The van der Waals surface area contributed by atoms with Gasteiger partial charge in [-0.25, -0.2) is 0 Å². The monoisotopic (exact) mass is 353 g/mol. The number of rotatable bonds is 10. The van der Waals surface area contributed by atoms with Gasteiger partial charge in [-0.2, -0.15) is 0 Å². The van der Waals surface area contributed by atoms with Crippen LogP contribution in [0.5, 0.6) is 11.5 Å². The van der Waals surface area contributed by atoms with Crippen molar-refractivity contribution in [1.82, 2.24) is 5.32 Å². The third-order valence-corrected chi connectivity index (χ3v) is 3.51. The van der Waals surface area contributed by atoms with Gasteiger partial charge in [0.05, 0.1) is 11.8 Å². The molecule has 0 saturated heterocycles. The molecule has 0 atom stereocenters. The van der Waals surface area contributed by atoms with Crippen molar-refractivity contribution in [3.05, 3.63) is 59.7 Å². The van der Waals surface area contributed by atoms with Gasteiger partial charge < -0.3 is 14.8 Å². The highest BCUT2D eigenvalue weighted by atomic mass is 35.5. The van der Waals surface area contributed by atoms with Gasteiger partial charge >= 0.3 is 0 Å². The first-order valence-electron chi connectivity index (χ1n) is 7.58. The van der Waals surface area contributed by atoms with Crippen molar-refractivity contribution < 1.29 is 9.47 Å². The summed E-state index contributed by atoms with van der Waals surface area (Å²) in [6.45, 7) is 2.67. The number of alkyl halides is 2. The van der Waals surface area contributed by atoms with Crippen molar-refractivity contribution >= 4 is 23.2 Å². The Kier molecular flexibility index (Phi) is 8.08. The molecule has 0 saturated carbocycles. The fourth-order valence-electron chi connectivity index (χ4n) is 2.07. The van der Waals surface area contributed by atoms with E-state index in [0.717, 1.165) is 24.6 Å². The van der Waals surface area contributed by atoms with Gasteiger partial charge in [-0.3, -0.25) is 0 Å². The molecule has 0 aliphatic carbocycles. The number of nitrogens with one attached hydrogen (secondary N) is 1. The lowest BCUT2D eigenvalue weighted by molar-refractivity contribution is 0.342. The highest BCUT2D eigenvalue weighted by Crippen LogP contribution is 2.14. The molecule has 5 heteroatoms. The fourth-order valence-corrected chi connectivity index (χ4v) is 2.23. The van der Waals surface area contributed by atoms with Crippen LogP contribution < -0.4 is 14.8 Å². The highest BCUT2D eigenvalue weighted by molar-refractivity contribution is 6.18. The van der Waals surface area contributed by atoms with Crippen molar-refractivity contribution in [2.75, 3.05) is 25.0 Å². The van der Waals surface area contributed by atoms with Crippen LogP contribution in [-0.4, -0.2) is 25.0 Å². The Morgan fingerprint density at radius 3 is 1.39 bits per heavy atom. The van der Waals surface area contributed by atoms with Crippen LogP contribution in [0.1, 0.15) is 11.1 Å². The number of hydrogen-bond donors (Lipinski definition) is 1. The van der Waals surface area contributed by atoms with Crippen molar-refractivity contribution in [3.63, 3.8) is 0 Å². The van der Waals surface area contributed by atoms with E-state index >= 15 is 0 Å². The van der Waals surface area contributed by atoms with E-state index < -0.39 is 0 Å². The Labute approximate surface area is 147 Å². The van der Waals surface area contributed by atoms with Crippen LogP contribution in [0.3, 0.4) is 0 Å². The fraction of sp³-hybridized carbons (Fsp3) is 0.333. The summed E-state index contributed by atoms with van der Waals surface area (Å²) >= 11 is 11.2. The Hall–Kier alpha value is -1.42. The molecule has 0 aromatic heterocycles. The number of halogens is 2. The molecule has 124 valence electrons. The maximum Gasteiger partial charge on any atom is 0.119 e. The van der Waals surface area contributed by atoms with Gasteiger partial charge in [-0.15, -0.1) is 23.2 Å². The molecule has 0 spiro atoms. The molecule has 0 aliphatic rings. The van der Waals surface area contributed by atoms with E-state index in [4.69, 9.17) is 32.7 Å². The summed E-state index contributed by atoms with van der Waals surface area (Å²) in [7, 11) is 0. The Morgan fingerprint density at radius 2 is 1.04 bits per heavy atom. The number of benzene rings is 2. The molecule has 2 aromatic carbocycles. The van der Waals surface area contributed by atoms with E-state index in [9.17, 15) is 0 Å². The van der Waals surface area contributed by atoms with Crippen molar-refractivity contribution in [3.8, 4) is 11.5 Å². The molecule has 0 amide bonds. The zero-order valence-corrected chi connectivity index (χ0v) is 14.4. The minimum Gasteiger partial charge on any atom is -0.492 e. The van der Waals surface area contributed by atoms with E-state index in [2.05, 4.69) is 29.6 Å². The summed E-state index contributed by atoms with van der Waals surface area (Å²) in [5.41, 5.74) is 2.43. The minimum absolute atomic E-state index is 0.499. The van der Waals surface area contributed by atoms with Crippen LogP contribution in [0, 0.1) is 0 Å². The predicted molar refractivity (Wildman–Crippen MR) is 95.9 cm³/mol. The average Bonchev–Trinajstić information content (AvgIpc) is 2.60. The first-order chi connectivity index (χ1) is 11.3. The summed E-state index contributed by atoms with van der Waals surface area (Å²) in [5.74, 6) is 2.70. The second-order valence-corrected chi connectivity index (χ2v) is 5.72. The zero-order chi connectivity index (χ0) is 16.3. The molecule has 2 aromatic rings. The second-order valence-electron chi connectivity index (χ2n) is 4.97. The van der Waals surface area contributed by atoms with Crippen molar-refractivity contribution in [2.24, 2.45) is 0 Å². The summed E-state index contributed by atoms with van der Waals surface area (Å²) in [5, 5.41) is 3.42. The van der Waals surface area contributed by atoms with Gasteiger partial charge in [0.1, 0.15) is 24.7 Å². The maximum atomic E-state index is 5.60. The van der Waals surface area contributed by atoms with E-state index in [0.29, 0.717) is 25.0 Å². The standard InChI is InChI=1S/C18H21Cl2NO2/c19-9-11-22-17-5-1-15(2-6-17)13-21-14-16-3-7-18(8-4-16)23-12-10-20/h1-8,21H,9-14H2. The summed E-state index contributed by atoms with van der Waals surface area (Å²) in [4.78, 5) is 0. The highest BCUT2D eigenvalue weighted by Gasteiger charge is 1.98. The van der Waals surface area contributed by atoms with Crippen LogP contribution in [0.25, 0.3) is 0 Å². The third kappa shape index (κ3) is 6.69. The second kappa shape index (κ2) is 10.4. The molecule has 0 fully saturated rings. The lowest BCUT2D eigenvalue weighted by Gasteiger charge is -2.08. The molecule has 3 nitrogen and oxygen atoms in total. The van der Waals surface area contributed by atoms with Crippen LogP contribution in [0.4, 0.5) is 0 Å². The van der Waals surface area contributed by atoms with E-state index in [1.165, 1.54) is 11.1 Å². The van der Waals surface area contributed by atoms with E-state index in [1.807, 2.05) is 24.3 Å². The van der Waals surface area contributed by atoms with Gasteiger partial charge in [0, 0.05) is 13.1 Å². The molecule has 23 heavy (non-hydrogen) atoms. The summed E-state index contributed by atoms with van der Waals surface area (Å²) in [6.07, 6.45) is 0. The number of hydrogen-bond acceptors (Lipinski definition) is 3. The summed E-state index contributed by atoms with van der Waals surface area (Å²) < 4.78 is 10.9. The van der Waals surface area contributed by atoms with Gasteiger partial charge in [0.15, 0.2) is 0 Å². The Balaban J connectivity index is 1.73. The zero-order valence-electron chi connectivity index (χ0n) is 12.9. The van der Waals surface area contributed by atoms with Crippen LogP contribution in [0.15, 0.2) is 48.5 Å². The minimum atomic E-state index is 0.499. The molecular weight excluding hydrogens is 333 g/mol. The molecule has 0 radical (unpaired) electrons. The summed E-state index contributed by atoms with van der Waals surface area (Å²) in [6, 6.07) is 16.1. The molecule has 0 bridgehead atoms. The smallest absolute Gasteiger partial charge is 0.119 e. The van der Waals surface area contributed by atoms with Crippen LogP contribution in [0.2, 0.25) is 0 Å². The molecule has 0 aliphatic heterocycles. The van der Waals surface area contributed by atoms with E-state index in [-0.39, 0.29) is 0 Å². The Morgan fingerprint density at radius 1 is 0.652 bits per heavy atom. The molecular formula is C18H21Cl2NO2. The van der Waals surface area contributed by atoms with Gasteiger partial charge in [-0.05, 0) is 35.4 Å². The quantitative estimate of drug-likeness (QED) is 0.649. The average molecular weight is 354 g/mol. The topological polar surface area (TPSA) is 30.5 Å². The largest absolute Gasteiger partial charge is 0.492 e. The van der Waals surface area contributed by atoms with Crippen molar-refractivity contribution in [1.29, 1.82) is 0 Å². The SMILES string of the molecule is ClCCOc1ccc(CNCc2ccc(OCCCl)cc2)cc1. The first kappa shape index (κ1) is 17.9. The number of ether oxygens (including phenoxy) is 2. The normalized spacial score (nSPS) is 10.5. The van der Waals surface area contributed by atoms with Gasteiger partial charge in [0.25, 0.3) is 0 Å². The van der Waals surface area contributed by atoms with E-state index in [1.54, 1.807) is 0 Å². The van der Waals surface area contributed by atoms with Gasteiger partial charge in [-0.1, -0.05) is 24.3 Å². The lowest BCUT2D eigenvalue weighted by atomic mass is 10.2. The van der Waals surface area contributed by atoms with Gasteiger partial charge in [0.2, 0.25) is 0 Å². The molecule has 0 heterocycles. The van der Waals surface area contributed by atoms with Crippen molar-refractivity contribution in [2.45, 2.75) is 13.1 Å². The first-order valence-corrected chi connectivity index (χ1v) is 8.65. The molecule has 1 N–H and O–H groups in total. The molecule has 0 unspecified atom stereocenters. The van der Waals surface area contributed by atoms with Crippen LogP contribution in [-0.2, 0) is 13.1 Å². The Bertz CT molecular complexity index is 507. The maximum absolute atomic E-state index is 5.60. The third-order valence-electron chi connectivity index (χ3n) is 3.20.